The van der Waals surface area contributed by atoms with Gasteiger partial charge in [0, 0.05) is 55.3 Å². The molecule has 41 heavy (non-hydrogen) atoms. The number of amides is 1. The minimum atomic E-state index is 0.0511. The molecule has 6 heteroatoms. The van der Waals surface area contributed by atoms with Gasteiger partial charge in [0.05, 0.1) is 22.9 Å². The molecule has 1 aliphatic carbocycles. The summed E-state index contributed by atoms with van der Waals surface area (Å²) in [5.74, 6) is 0.610. The molecule has 3 aliphatic rings. The first-order valence-corrected chi connectivity index (χ1v) is 16.1. The zero-order valence-electron chi connectivity index (χ0n) is 25.0. The second kappa shape index (κ2) is 13.0. The minimum absolute atomic E-state index is 0.0511. The highest BCUT2D eigenvalue weighted by Gasteiger charge is 2.30. The van der Waals surface area contributed by atoms with Crippen LogP contribution in [0.3, 0.4) is 0 Å². The van der Waals surface area contributed by atoms with Crippen molar-refractivity contribution in [1.82, 2.24) is 25.0 Å². The summed E-state index contributed by atoms with van der Waals surface area (Å²) >= 11 is 0. The van der Waals surface area contributed by atoms with Crippen LogP contribution in [0.25, 0.3) is 22.2 Å². The van der Waals surface area contributed by atoms with Crippen LogP contribution in [0.5, 0.6) is 0 Å². The second-order valence-corrected chi connectivity index (χ2v) is 12.5. The van der Waals surface area contributed by atoms with E-state index in [9.17, 15) is 4.79 Å². The summed E-state index contributed by atoms with van der Waals surface area (Å²) in [6, 6.07) is 18.8. The van der Waals surface area contributed by atoms with Crippen LogP contribution in [0, 0.1) is 5.92 Å². The standard InChI is InChI=1S/C35H47N5O/c1-26(28-13-5-3-6-14-28)36-35(41)33-30-17-9-10-18-32(30)37-34(29-15-7-4-8-16-29)31(33)25-38-21-23-40(24-22-38)27(2)39-19-11-12-20-39/h4,7-10,15-18,26-28H,3,5-6,11-14,19-25H2,1-2H3,(H,36,41)/t26-,27?/m0/s1. The van der Waals surface area contributed by atoms with Crippen molar-refractivity contribution in [2.45, 2.75) is 77.5 Å². The second-order valence-electron chi connectivity index (χ2n) is 12.5. The minimum Gasteiger partial charge on any atom is -0.349 e. The van der Waals surface area contributed by atoms with Gasteiger partial charge in [-0.15, -0.1) is 0 Å². The number of benzene rings is 2. The first-order valence-electron chi connectivity index (χ1n) is 16.1. The van der Waals surface area contributed by atoms with Crippen LogP contribution in [0.2, 0.25) is 0 Å². The van der Waals surface area contributed by atoms with E-state index in [-0.39, 0.29) is 11.9 Å². The summed E-state index contributed by atoms with van der Waals surface area (Å²) in [5, 5.41) is 4.42. The highest BCUT2D eigenvalue weighted by molar-refractivity contribution is 6.09. The molecular formula is C35H47N5O. The molecule has 1 aromatic heterocycles. The van der Waals surface area contributed by atoms with Crippen LogP contribution >= 0.6 is 0 Å². The zero-order chi connectivity index (χ0) is 28.2. The summed E-state index contributed by atoms with van der Waals surface area (Å²) in [6.07, 6.45) is 9.44. The van der Waals surface area contributed by atoms with E-state index in [1.165, 1.54) is 58.0 Å². The lowest BCUT2D eigenvalue weighted by molar-refractivity contribution is 0.0269. The van der Waals surface area contributed by atoms with Crippen molar-refractivity contribution >= 4 is 16.8 Å². The number of fused-ring (bicyclic) bond motifs is 1. The number of hydrogen-bond acceptors (Lipinski definition) is 5. The Balaban J connectivity index is 1.31. The molecule has 1 saturated carbocycles. The number of carbonyl (C=O) groups is 1. The Hall–Kier alpha value is -2.80. The lowest BCUT2D eigenvalue weighted by Crippen LogP contribution is -2.54. The molecule has 1 unspecified atom stereocenters. The smallest absolute Gasteiger partial charge is 0.252 e. The van der Waals surface area contributed by atoms with Crippen LogP contribution in [-0.4, -0.2) is 77.1 Å². The van der Waals surface area contributed by atoms with Crippen LogP contribution in [0.15, 0.2) is 54.6 Å². The Morgan fingerprint density at radius 2 is 1.49 bits per heavy atom. The Kier molecular flexibility index (Phi) is 8.99. The van der Waals surface area contributed by atoms with Gasteiger partial charge in [-0.25, -0.2) is 4.98 Å². The maximum absolute atomic E-state index is 14.3. The highest BCUT2D eigenvalue weighted by Crippen LogP contribution is 2.33. The van der Waals surface area contributed by atoms with Gasteiger partial charge >= 0.3 is 0 Å². The summed E-state index contributed by atoms with van der Waals surface area (Å²) in [6.45, 7) is 11.9. The van der Waals surface area contributed by atoms with Gasteiger partial charge in [0.15, 0.2) is 0 Å². The fourth-order valence-electron chi connectivity index (χ4n) is 7.40. The third-order valence-electron chi connectivity index (χ3n) is 9.97. The summed E-state index contributed by atoms with van der Waals surface area (Å²) in [7, 11) is 0. The summed E-state index contributed by atoms with van der Waals surface area (Å²) in [5.41, 5.74) is 4.76. The fourth-order valence-corrected chi connectivity index (χ4v) is 7.40. The molecule has 0 bridgehead atoms. The Morgan fingerprint density at radius 1 is 0.829 bits per heavy atom. The monoisotopic (exact) mass is 553 g/mol. The molecular weight excluding hydrogens is 506 g/mol. The number of piperazine rings is 1. The van der Waals surface area contributed by atoms with E-state index in [1.54, 1.807) is 0 Å². The molecule has 6 rings (SSSR count). The van der Waals surface area contributed by atoms with Crippen LogP contribution in [0.4, 0.5) is 0 Å². The summed E-state index contributed by atoms with van der Waals surface area (Å²) < 4.78 is 0. The number of carbonyl (C=O) groups excluding carboxylic acids is 1. The van der Waals surface area contributed by atoms with E-state index in [0.29, 0.717) is 12.1 Å². The molecule has 2 atom stereocenters. The number of rotatable bonds is 8. The molecule has 0 radical (unpaired) electrons. The van der Waals surface area contributed by atoms with Crippen molar-refractivity contribution < 1.29 is 4.79 Å². The van der Waals surface area contributed by atoms with Crippen molar-refractivity contribution in [1.29, 1.82) is 0 Å². The first-order chi connectivity index (χ1) is 20.1. The lowest BCUT2D eigenvalue weighted by atomic mass is 9.84. The number of hydrogen-bond donors (Lipinski definition) is 1. The van der Waals surface area contributed by atoms with Gasteiger partial charge < -0.3 is 5.32 Å². The number of pyridine rings is 1. The van der Waals surface area contributed by atoms with E-state index < -0.39 is 0 Å². The molecule has 0 spiro atoms. The predicted molar refractivity (Wildman–Crippen MR) is 168 cm³/mol. The first kappa shape index (κ1) is 28.3. The van der Waals surface area contributed by atoms with Gasteiger partial charge in [-0.1, -0.05) is 67.8 Å². The molecule has 1 N–H and O–H groups in total. The third-order valence-corrected chi connectivity index (χ3v) is 9.97. The van der Waals surface area contributed by atoms with Crippen molar-refractivity contribution in [2.24, 2.45) is 5.92 Å². The topological polar surface area (TPSA) is 51.7 Å². The van der Waals surface area contributed by atoms with Gasteiger partial charge in [0.25, 0.3) is 5.91 Å². The van der Waals surface area contributed by atoms with Gasteiger partial charge in [-0.05, 0) is 64.6 Å². The average Bonchev–Trinajstić information content (AvgIpc) is 3.57. The number of nitrogens with zero attached hydrogens (tertiary/aromatic N) is 4. The highest BCUT2D eigenvalue weighted by atomic mass is 16.1. The van der Waals surface area contributed by atoms with Crippen molar-refractivity contribution in [3.05, 3.63) is 65.7 Å². The number of likely N-dealkylation sites (tertiary alicyclic amines) is 1. The van der Waals surface area contributed by atoms with E-state index in [4.69, 9.17) is 4.98 Å². The molecule has 3 heterocycles. The van der Waals surface area contributed by atoms with Gasteiger partial charge in [-0.2, -0.15) is 0 Å². The average molecular weight is 554 g/mol. The van der Waals surface area contributed by atoms with Crippen molar-refractivity contribution in [3.63, 3.8) is 0 Å². The maximum Gasteiger partial charge on any atom is 0.252 e. The molecule has 6 nitrogen and oxygen atoms in total. The molecule has 218 valence electrons. The Labute approximate surface area is 246 Å². The summed E-state index contributed by atoms with van der Waals surface area (Å²) in [4.78, 5) is 27.3. The molecule has 2 saturated heterocycles. The third kappa shape index (κ3) is 6.35. The Morgan fingerprint density at radius 3 is 2.22 bits per heavy atom. The molecule has 1 amide bonds. The fraction of sp³-hybridized carbons (Fsp3) is 0.543. The molecule has 3 aromatic rings. The van der Waals surface area contributed by atoms with Gasteiger partial charge in [0.1, 0.15) is 0 Å². The molecule has 3 fully saturated rings. The van der Waals surface area contributed by atoms with E-state index >= 15 is 0 Å². The van der Waals surface area contributed by atoms with Gasteiger partial charge in [-0.3, -0.25) is 19.5 Å². The van der Waals surface area contributed by atoms with E-state index in [0.717, 1.165) is 66.0 Å². The maximum atomic E-state index is 14.3. The van der Waals surface area contributed by atoms with Crippen LogP contribution in [0.1, 0.15) is 74.7 Å². The van der Waals surface area contributed by atoms with Crippen molar-refractivity contribution in [3.8, 4) is 11.3 Å². The normalized spacial score (nSPS) is 21.2. The number of nitrogens with one attached hydrogen (secondary N) is 1. The largest absolute Gasteiger partial charge is 0.349 e. The number of para-hydroxylation sites is 1. The molecule has 2 aromatic carbocycles. The van der Waals surface area contributed by atoms with Crippen LogP contribution in [-0.2, 0) is 6.54 Å². The number of aromatic nitrogens is 1. The quantitative estimate of drug-likeness (QED) is 0.362. The SMILES string of the molecule is CC(N1CCCC1)N1CCN(Cc2c(-c3ccccc3)nc3ccccc3c2C(=O)N[C@@H](C)C2CCCCC2)CC1. The predicted octanol–water partition coefficient (Wildman–Crippen LogP) is 6.16. The van der Waals surface area contributed by atoms with E-state index in [2.05, 4.69) is 64.2 Å². The zero-order valence-corrected chi connectivity index (χ0v) is 25.0. The molecule has 2 aliphatic heterocycles. The Bertz CT molecular complexity index is 1310. The van der Waals surface area contributed by atoms with Gasteiger partial charge in [0.2, 0.25) is 0 Å². The van der Waals surface area contributed by atoms with Crippen LogP contribution < -0.4 is 5.32 Å². The van der Waals surface area contributed by atoms with E-state index in [1.807, 2.05) is 24.3 Å². The van der Waals surface area contributed by atoms with Crippen molar-refractivity contribution in [2.75, 3.05) is 39.3 Å². The lowest BCUT2D eigenvalue weighted by Gasteiger charge is -2.41.